The first-order valence-corrected chi connectivity index (χ1v) is 14.9. The number of halogens is 2. The van der Waals surface area contributed by atoms with E-state index < -0.39 is 30.2 Å². The highest BCUT2D eigenvalue weighted by atomic mass is 35.5. The molecule has 43 heavy (non-hydrogen) atoms. The summed E-state index contributed by atoms with van der Waals surface area (Å²) >= 11 is 13.2. The van der Waals surface area contributed by atoms with Crippen molar-refractivity contribution < 1.29 is 33.7 Å². The standard InChI is InChI=1S/C32H36Cl2N2O7/c1-41-31(39)28-24(13-12-20-8-3-4-9-21(20)19-43-17-16-36-14-5-6-15-36)35-25(18-26(37)38)29(32(40)42-2)30(28)27-22(33)10-7-11-23(27)34/h3-4,7-11,30,35H,5-6,12-19H2,1-2H3,(H,37,38). The summed E-state index contributed by atoms with van der Waals surface area (Å²) in [6, 6.07) is 12.7. The molecule has 1 fully saturated rings. The average Bonchev–Trinajstić information content (AvgIpc) is 3.51. The Morgan fingerprint density at radius 1 is 0.884 bits per heavy atom. The number of dihydropyridines is 1. The molecule has 0 aromatic heterocycles. The highest BCUT2D eigenvalue weighted by Gasteiger charge is 2.41. The number of rotatable bonds is 13. The molecule has 1 atom stereocenters. The number of likely N-dealkylation sites (tertiary alicyclic amines) is 1. The predicted octanol–water partition coefficient (Wildman–Crippen LogP) is 5.25. The Kier molecular flexibility index (Phi) is 11.6. The zero-order valence-corrected chi connectivity index (χ0v) is 25.8. The van der Waals surface area contributed by atoms with Crippen molar-refractivity contribution in [2.75, 3.05) is 40.5 Å². The number of aliphatic carboxylic acids is 1. The quantitative estimate of drug-likeness (QED) is 0.226. The number of hydrogen-bond acceptors (Lipinski definition) is 8. The maximum absolute atomic E-state index is 13.4. The number of carboxylic acids is 1. The number of ether oxygens (including phenoxy) is 3. The number of aryl methyl sites for hydroxylation is 1. The number of carbonyl (C=O) groups excluding carboxylic acids is 2. The average molecular weight is 632 g/mol. The van der Waals surface area contributed by atoms with Crippen LogP contribution in [0, 0.1) is 0 Å². The van der Waals surface area contributed by atoms with Crippen molar-refractivity contribution >= 4 is 41.1 Å². The smallest absolute Gasteiger partial charge is 0.336 e. The second kappa shape index (κ2) is 15.4. The van der Waals surface area contributed by atoms with Crippen LogP contribution in [0.3, 0.4) is 0 Å². The third kappa shape index (κ3) is 7.97. The lowest BCUT2D eigenvalue weighted by molar-refractivity contribution is -0.137. The Labute approximate surface area is 261 Å². The number of nitrogens with zero attached hydrogens (tertiary/aromatic N) is 1. The number of hydrogen-bond donors (Lipinski definition) is 2. The number of esters is 2. The lowest BCUT2D eigenvalue weighted by Crippen LogP contribution is -2.35. The van der Waals surface area contributed by atoms with Gasteiger partial charge in [0.15, 0.2) is 0 Å². The summed E-state index contributed by atoms with van der Waals surface area (Å²) in [6.07, 6.45) is 2.72. The lowest BCUT2D eigenvalue weighted by Gasteiger charge is -2.33. The monoisotopic (exact) mass is 630 g/mol. The van der Waals surface area contributed by atoms with Crippen molar-refractivity contribution in [1.82, 2.24) is 10.2 Å². The number of methoxy groups -OCH3 is 2. The summed E-state index contributed by atoms with van der Waals surface area (Å²) in [7, 11) is 2.42. The fourth-order valence-corrected chi connectivity index (χ4v) is 6.27. The van der Waals surface area contributed by atoms with Gasteiger partial charge in [0.25, 0.3) is 0 Å². The molecule has 0 saturated carbocycles. The first-order chi connectivity index (χ1) is 20.7. The molecule has 2 aliphatic rings. The molecule has 0 bridgehead atoms. The molecule has 0 radical (unpaired) electrons. The molecule has 230 valence electrons. The third-order valence-electron chi connectivity index (χ3n) is 7.73. The van der Waals surface area contributed by atoms with Crippen molar-refractivity contribution in [1.29, 1.82) is 0 Å². The summed E-state index contributed by atoms with van der Waals surface area (Å²) in [6.45, 7) is 4.19. The van der Waals surface area contributed by atoms with E-state index in [1.54, 1.807) is 18.2 Å². The minimum atomic E-state index is -1.18. The van der Waals surface area contributed by atoms with Crippen molar-refractivity contribution in [2.45, 2.75) is 44.6 Å². The zero-order valence-electron chi connectivity index (χ0n) is 24.3. The Morgan fingerprint density at radius 3 is 2.09 bits per heavy atom. The number of allylic oxidation sites excluding steroid dienone is 1. The molecule has 2 N–H and O–H groups in total. The van der Waals surface area contributed by atoms with Gasteiger partial charge in [-0.15, -0.1) is 0 Å². The normalized spacial score (nSPS) is 17.2. The van der Waals surface area contributed by atoms with E-state index >= 15 is 0 Å². The van der Waals surface area contributed by atoms with Crippen LogP contribution in [0.25, 0.3) is 0 Å². The molecular weight excluding hydrogens is 595 g/mol. The molecule has 9 nitrogen and oxygen atoms in total. The molecule has 0 spiro atoms. The van der Waals surface area contributed by atoms with Gasteiger partial charge in [0.2, 0.25) is 0 Å². The minimum absolute atomic E-state index is 0.0733. The van der Waals surface area contributed by atoms with Crippen LogP contribution in [0.5, 0.6) is 0 Å². The molecule has 2 aromatic rings. The van der Waals surface area contributed by atoms with E-state index in [1.807, 2.05) is 24.3 Å². The number of benzene rings is 2. The molecule has 0 amide bonds. The van der Waals surface area contributed by atoms with Gasteiger partial charge in [0.1, 0.15) is 0 Å². The van der Waals surface area contributed by atoms with Crippen LogP contribution < -0.4 is 5.32 Å². The van der Waals surface area contributed by atoms with Gasteiger partial charge in [-0.2, -0.15) is 0 Å². The topological polar surface area (TPSA) is 114 Å². The van der Waals surface area contributed by atoms with Crippen LogP contribution in [0.2, 0.25) is 10.0 Å². The number of carbonyl (C=O) groups is 3. The molecule has 2 aliphatic heterocycles. The summed E-state index contributed by atoms with van der Waals surface area (Å²) in [5.74, 6) is -3.83. The van der Waals surface area contributed by atoms with E-state index in [9.17, 15) is 19.5 Å². The SMILES string of the molecule is COC(=O)C1=C(CCc2ccccc2COCCN2CCCC2)NC(CC(=O)O)=C(C(=O)OC)C1c1c(Cl)cccc1Cl. The summed E-state index contributed by atoms with van der Waals surface area (Å²) in [4.78, 5) is 40.9. The van der Waals surface area contributed by atoms with Crippen molar-refractivity contribution in [3.63, 3.8) is 0 Å². The third-order valence-corrected chi connectivity index (χ3v) is 8.39. The summed E-state index contributed by atoms with van der Waals surface area (Å²) < 4.78 is 16.2. The molecule has 0 aliphatic carbocycles. The number of nitrogens with one attached hydrogen (secondary N) is 1. The van der Waals surface area contributed by atoms with Gasteiger partial charge in [-0.05, 0) is 62.0 Å². The first kappa shape index (κ1) is 32.5. The lowest BCUT2D eigenvalue weighted by atomic mass is 9.78. The minimum Gasteiger partial charge on any atom is -0.481 e. The Morgan fingerprint density at radius 2 is 1.49 bits per heavy atom. The van der Waals surface area contributed by atoms with E-state index in [1.165, 1.54) is 27.1 Å². The van der Waals surface area contributed by atoms with Crippen molar-refractivity contribution in [2.24, 2.45) is 0 Å². The molecular formula is C32H36Cl2N2O7. The number of carboxylic acid groups (broad SMARTS) is 1. The fraction of sp³-hybridized carbons (Fsp3) is 0.406. The van der Waals surface area contributed by atoms with E-state index in [0.717, 1.165) is 30.8 Å². The maximum Gasteiger partial charge on any atom is 0.336 e. The highest BCUT2D eigenvalue weighted by Crippen LogP contribution is 2.45. The van der Waals surface area contributed by atoms with Crippen LogP contribution in [0.4, 0.5) is 0 Å². The largest absolute Gasteiger partial charge is 0.481 e. The van der Waals surface area contributed by atoms with Gasteiger partial charge < -0.3 is 29.5 Å². The fourth-order valence-electron chi connectivity index (χ4n) is 5.66. The van der Waals surface area contributed by atoms with E-state index in [2.05, 4.69) is 10.2 Å². The van der Waals surface area contributed by atoms with Crippen LogP contribution in [0.15, 0.2) is 65.0 Å². The Bertz CT molecular complexity index is 1400. The second-order valence-corrected chi connectivity index (χ2v) is 11.2. The molecule has 1 unspecified atom stereocenters. The van der Waals surface area contributed by atoms with Crippen LogP contribution in [-0.2, 0) is 41.6 Å². The zero-order chi connectivity index (χ0) is 30.9. The van der Waals surface area contributed by atoms with Crippen molar-refractivity contribution in [3.8, 4) is 0 Å². The predicted molar refractivity (Wildman–Crippen MR) is 163 cm³/mol. The summed E-state index contributed by atoms with van der Waals surface area (Å²) in [5.41, 5.74) is 2.82. The molecule has 4 rings (SSSR count). The van der Waals surface area contributed by atoms with Gasteiger partial charge >= 0.3 is 17.9 Å². The van der Waals surface area contributed by atoms with E-state index in [0.29, 0.717) is 31.8 Å². The molecule has 1 saturated heterocycles. The van der Waals surface area contributed by atoms with Gasteiger partial charge in [0.05, 0.1) is 50.9 Å². The van der Waals surface area contributed by atoms with E-state index in [4.69, 9.17) is 37.4 Å². The van der Waals surface area contributed by atoms with Gasteiger partial charge in [-0.1, -0.05) is 53.5 Å². The molecule has 2 aromatic carbocycles. The Balaban J connectivity index is 1.70. The maximum atomic E-state index is 13.4. The van der Waals surface area contributed by atoms with Crippen LogP contribution in [-0.4, -0.2) is 68.4 Å². The van der Waals surface area contributed by atoms with Crippen molar-refractivity contribution in [3.05, 3.63) is 91.7 Å². The first-order valence-electron chi connectivity index (χ1n) is 14.2. The second-order valence-electron chi connectivity index (χ2n) is 10.4. The Hall–Kier alpha value is -3.37. The molecule has 2 heterocycles. The van der Waals surface area contributed by atoms with Crippen LogP contribution in [0.1, 0.15) is 48.3 Å². The van der Waals surface area contributed by atoms with Gasteiger partial charge in [-0.3, -0.25) is 4.79 Å². The molecule has 11 heteroatoms. The van der Waals surface area contributed by atoms with Crippen LogP contribution >= 0.6 is 23.2 Å². The highest BCUT2D eigenvalue weighted by molar-refractivity contribution is 6.36. The van der Waals surface area contributed by atoms with E-state index in [-0.39, 0.29) is 32.5 Å². The van der Waals surface area contributed by atoms with Gasteiger partial charge in [0, 0.05) is 33.5 Å². The van der Waals surface area contributed by atoms with Gasteiger partial charge in [-0.25, -0.2) is 9.59 Å². The summed E-state index contributed by atoms with van der Waals surface area (Å²) in [5, 5.41) is 13.2.